The number of aromatic nitrogens is 2. The Morgan fingerprint density at radius 1 is 1.21 bits per heavy atom. The van der Waals surface area contributed by atoms with Gasteiger partial charge in [0.1, 0.15) is 5.65 Å². The van der Waals surface area contributed by atoms with Gasteiger partial charge in [0.2, 0.25) is 0 Å². The normalized spacial score (nSPS) is 24.9. The summed E-state index contributed by atoms with van der Waals surface area (Å²) < 4.78 is 2.19. The summed E-state index contributed by atoms with van der Waals surface area (Å²) in [7, 11) is 2.18. The molecule has 7 heteroatoms. The van der Waals surface area contributed by atoms with Crippen molar-refractivity contribution in [2.45, 2.75) is 38.8 Å². The summed E-state index contributed by atoms with van der Waals surface area (Å²) in [5.74, 6) is -0.278. The second-order valence-corrected chi connectivity index (χ2v) is 8.70. The van der Waals surface area contributed by atoms with Gasteiger partial charge in [0.05, 0.1) is 11.4 Å². The van der Waals surface area contributed by atoms with Crippen LogP contribution < -0.4 is 0 Å². The summed E-state index contributed by atoms with van der Waals surface area (Å²) >= 11 is 0. The molecule has 2 aliphatic rings. The van der Waals surface area contributed by atoms with E-state index in [9.17, 15) is 9.90 Å². The Morgan fingerprint density at radius 2 is 2.00 bits per heavy atom. The number of imidazole rings is 1. The first kappa shape index (κ1) is 20.3. The molecular weight excluding hydrogens is 366 g/mol. The molecule has 7 nitrogen and oxygen atoms in total. The molecule has 0 aliphatic carbocycles. The third kappa shape index (κ3) is 4.63. The first-order chi connectivity index (χ1) is 14.0. The summed E-state index contributed by atoms with van der Waals surface area (Å²) in [6.45, 7) is 9.37. The van der Waals surface area contributed by atoms with Crippen LogP contribution in [0.2, 0.25) is 0 Å². The first-order valence-corrected chi connectivity index (χ1v) is 10.8. The zero-order chi connectivity index (χ0) is 20.4. The number of pyridine rings is 1. The van der Waals surface area contributed by atoms with Crippen molar-refractivity contribution in [3.05, 3.63) is 35.8 Å². The molecule has 2 aromatic rings. The zero-order valence-corrected chi connectivity index (χ0v) is 17.6. The van der Waals surface area contributed by atoms with Gasteiger partial charge < -0.3 is 14.4 Å². The lowest BCUT2D eigenvalue weighted by Crippen LogP contribution is -2.56. The van der Waals surface area contributed by atoms with Gasteiger partial charge in [-0.3, -0.25) is 14.6 Å². The Hall–Kier alpha value is -1.96. The predicted octanol–water partition coefficient (Wildman–Crippen LogP) is 1.95. The van der Waals surface area contributed by atoms with Crippen LogP contribution in [0.5, 0.6) is 0 Å². The van der Waals surface area contributed by atoms with Crippen LogP contribution in [-0.2, 0) is 11.3 Å². The largest absolute Gasteiger partial charge is 0.481 e. The standard InChI is InChI=1S/C22H33N5O2/c1-17-20(27-9-4-3-5-21(27)23-17)16-25-10-8-19(18(15-25)6-7-22(28)29)26-13-11-24(2)12-14-26/h3-5,9,18-19H,6-8,10-16H2,1-2H3,(H,28,29)/t18-,19+/m0/s1. The topological polar surface area (TPSA) is 64.3 Å². The Kier molecular flexibility index (Phi) is 6.18. The van der Waals surface area contributed by atoms with Crippen LogP contribution in [0.3, 0.4) is 0 Å². The molecule has 0 radical (unpaired) electrons. The highest BCUT2D eigenvalue weighted by molar-refractivity contribution is 5.66. The van der Waals surface area contributed by atoms with E-state index in [0.29, 0.717) is 12.0 Å². The number of hydrogen-bond acceptors (Lipinski definition) is 5. The smallest absolute Gasteiger partial charge is 0.303 e. The number of rotatable bonds is 6. The summed E-state index contributed by atoms with van der Waals surface area (Å²) in [6, 6.07) is 6.62. The number of likely N-dealkylation sites (tertiary alicyclic amines) is 1. The fourth-order valence-corrected chi connectivity index (χ4v) is 5.03. The van der Waals surface area contributed by atoms with Gasteiger partial charge >= 0.3 is 5.97 Å². The van der Waals surface area contributed by atoms with E-state index in [1.54, 1.807) is 0 Å². The van der Waals surface area contributed by atoms with Crippen LogP contribution in [0.25, 0.3) is 5.65 Å². The molecule has 0 unspecified atom stereocenters. The van der Waals surface area contributed by atoms with E-state index >= 15 is 0 Å². The highest BCUT2D eigenvalue weighted by Crippen LogP contribution is 2.28. The zero-order valence-electron chi connectivity index (χ0n) is 17.6. The van der Waals surface area contributed by atoms with Crippen molar-refractivity contribution >= 4 is 11.6 Å². The number of carbonyl (C=O) groups is 1. The average Bonchev–Trinajstić information content (AvgIpc) is 3.02. The van der Waals surface area contributed by atoms with Gasteiger partial charge in [-0.25, -0.2) is 4.98 Å². The Balaban J connectivity index is 1.47. The SMILES string of the molecule is Cc1nc2ccccn2c1CN1CC[C@@H](N2CCN(C)CC2)[C@@H](CCC(=O)O)C1. The van der Waals surface area contributed by atoms with E-state index in [-0.39, 0.29) is 6.42 Å². The molecule has 4 rings (SSSR count). The van der Waals surface area contributed by atoms with Gasteiger partial charge in [0, 0.05) is 64.5 Å². The minimum atomic E-state index is -0.683. The third-order valence-corrected chi connectivity index (χ3v) is 6.72. The molecule has 0 aromatic carbocycles. The summed E-state index contributed by atoms with van der Waals surface area (Å²) in [4.78, 5) is 23.4. The Labute approximate surface area is 172 Å². The van der Waals surface area contributed by atoms with Crippen LogP contribution in [-0.4, -0.2) is 87.5 Å². The maximum absolute atomic E-state index is 11.3. The van der Waals surface area contributed by atoms with E-state index in [2.05, 4.69) is 39.3 Å². The molecule has 158 valence electrons. The summed E-state index contributed by atoms with van der Waals surface area (Å²) in [6.07, 6.45) is 4.22. The van der Waals surface area contributed by atoms with Crippen molar-refractivity contribution < 1.29 is 9.90 Å². The average molecular weight is 400 g/mol. The fourth-order valence-electron chi connectivity index (χ4n) is 5.03. The predicted molar refractivity (Wildman–Crippen MR) is 113 cm³/mol. The molecular formula is C22H33N5O2. The lowest BCUT2D eigenvalue weighted by molar-refractivity contribution is -0.137. The van der Waals surface area contributed by atoms with Crippen LogP contribution in [0.1, 0.15) is 30.7 Å². The molecule has 4 heterocycles. The van der Waals surface area contributed by atoms with Crippen molar-refractivity contribution in [3.63, 3.8) is 0 Å². The molecule has 2 atom stereocenters. The van der Waals surface area contributed by atoms with E-state index in [1.165, 1.54) is 5.69 Å². The van der Waals surface area contributed by atoms with Gasteiger partial charge in [0.15, 0.2) is 0 Å². The van der Waals surface area contributed by atoms with Crippen LogP contribution >= 0.6 is 0 Å². The van der Waals surface area contributed by atoms with Crippen LogP contribution in [0.15, 0.2) is 24.4 Å². The number of piperidine rings is 1. The minimum absolute atomic E-state index is 0.261. The van der Waals surface area contributed by atoms with Gasteiger partial charge in [-0.05, 0) is 44.9 Å². The maximum atomic E-state index is 11.3. The maximum Gasteiger partial charge on any atom is 0.303 e. The molecule has 0 amide bonds. The van der Waals surface area contributed by atoms with Crippen molar-refractivity contribution in [3.8, 4) is 0 Å². The number of carboxylic acid groups (broad SMARTS) is 1. The fraction of sp³-hybridized carbons (Fsp3) is 0.636. The van der Waals surface area contributed by atoms with Crippen molar-refractivity contribution in [2.75, 3.05) is 46.3 Å². The lowest BCUT2D eigenvalue weighted by Gasteiger charge is -2.46. The second-order valence-electron chi connectivity index (χ2n) is 8.70. The monoisotopic (exact) mass is 399 g/mol. The molecule has 0 saturated carbocycles. The highest BCUT2D eigenvalue weighted by atomic mass is 16.4. The number of aliphatic carboxylic acids is 1. The van der Waals surface area contributed by atoms with Crippen molar-refractivity contribution in [2.24, 2.45) is 5.92 Å². The summed E-state index contributed by atoms with van der Waals surface area (Å²) in [5, 5.41) is 9.26. The van der Waals surface area contributed by atoms with Crippen LogP contribution in [0, 0.1) is 12.8 Å². The molecule has 1 N–H and O–H groups in total. The summed E-state index contributed by atoms with van der Waals surface area (Å²) in [5.41, 5.74) is 3.32. The van der Waals surface area contributed by atoms with Gasteiger partial charge in [-0.1, -0.05) is 6.07 Å². The number of carboxylic acids is 1. The molecule has 0 spiro atoms. The van der Waals surface area contributed by atoms with Crippen LogP contribution in [0.4, 0.5) is 0 Å². The van der Waals surface area contributed by atoms with E-state index < -0.39 is 5.97 Å². The number of piperazine rings is 1. The minimum Gasteiger partial charge on any atom is -0.481 e. The lowest BCUT2D eigenvalue weighted by atomic mass is 9.86. The van der Waals surface area contributed by atoms with Crippen molar-refractivity contribution in [1.82, 2.24) is 24.1 Å². The van der Waals surface area contributed by atoms with E-state index in [0.717, 1.165) is 70.0 Å². The number of aryl methyl sites for hydroxylation is 1. The quantitative estimate of drug-likeness (QED) is 0.801. The number of nitrogens with zero attached hydrogens (tertiary/aromatic N) is 5. The highest BCUT2D eigenvalue weighted by Gasteiger charge is 2.34. The molecule has 0 bridgehead atoms. The molecule has 29 heavy (non-hydrogen) atoms. The first-order valence-electron chi connectivity index (χ1n) is 10.8. The molecule has 2 aromatic heterocycles. The molecule has 2 aliphatic heterocycles. The van der Waals surface area contributed by atoms with Gasteiger partial charge in [-0.15, -0.1) is 0 Å². The van der Waals surface area contributed by atoms with E-state index in [1.807, 2.05) is 18.2 Å². The second kappa shape index (κ2) is 8.81. The van der Waals surface area contributed by atoms with Crippen molar-refractivity contribution in [1.29, 1.82) is 0 Å². The number of fused-ring (bicyclic) bond motifs is 1. The number of hydrogen-bond donors (Lipinski definition) is 1. The Morgan fingerprint density at radius 3 is 2.76 bits per heavy atom. The molecule has 2 fully saturated rings. The third-order valence-electron chi connectivity index (χ3n) is 6.72. The Bertz CT molecular complexity index is 843. The van der Waals surface area contributed by atoms with Gasteiger partial charge in [0.25, 0.3) is 0 Å². The number of likely N-dealkylation sites (N-methyl/N-ethyl adjacent to an activating group) is 1. The van der Waals surface area contributed by atoms with Gasteiger partial charge in [-0.2, -0.15) is 0 Å². The molecule has 2 saturated heterocycles. The van der Waals surface area contributed by atoms with E-state index in [4.69, 9.17) is 4.98 Å².